The van der Waals surface area contributed by atoms with E-state index in [0.717, 1.165) is 11.7 Å². The molecule has 1 fully saturated rings. The summed E-state index contributed by atoms with van der Waals surface area (Å²) in [7, 11) is 1.76. The van der Waals surface area contributed by atoms with Crippen molar-refractivity contribution >= 4 is 0 Å². The first kappa shape index (κ1) is 14.9. The number of aryl methyl sites for hydroxylation is 1. The van der Waals surface area contributed by atoms with Crippen LogP contribution in [0.1, 0.15) is 69.0 Å². The van der Waals surface area contributed by atoms with Crippen molar-refractivity contribution in [1.29, 1.82) is 0 Å². The van der Waals surface area contributed by atoms with Crippen molar-refractivity contribution in [3.8, 4) is 5.75 Å². The van der Waals surface area contributed by atoms with Crippen LogP contribution in [-0.4, -0.2) is 13.2 Å². The minimum Gasteiger partial charge on any atom is -0.497 e. The van der Waals surface area contributed by atoms with Crippen LogP contribution in [0, 0.1) is 5.92 Å². The van der Waals surface area contributed by atoms with Gasteiger partial charge in [-0.1, -0.05) is 25.8 Å². The lowest BCUT2D eigenvalue weighted by Crippen LogP contribution is -2.34. The van der Waals surface area contributed by atoms with Gasteiger partial charge in [-0.2, -0.15) is 0 Å². The monoisotopic (exact) mass is 287 g/mol. The summed E-state index contributed by atoms with van der Waals surface area (Å²) in [5, 5.41) is 3.97. The second-order valence-electron chi connectivity index (χ2n) is 6.99. The number of benzene rings is 1. The predicted octanol–water partition coefficient (Wildman–Crippen LogP) is 4.63. The van der Waals surface area contributed by atoms with E-state index in [9.17, 15) is 0 Å². The zero-order valence-corrected chi connectivity index (χ0v) is 13.5. The lowest BCUT2D eigenvalue weighted by atomic mass is 9.86. The number of hydrogen-bond acceptors (Lipinski definition) is 2. The van der Waals surface area contributed by atoms with Crippen LogP contribution in [0.3, 0.4) is 0 Å². The van der Waals surface area contributed by atoms with Gasteiger partial charge in [-0.3, -0.25) is 0 Å². The normalized spacial score (nSPS) is 29.5. The maximum Gasteiger partial charge on any atom is 0.119 e. The van der Waals surface area contributed by atoms with Crippen molar-refractivity contribution in [3.63, 3.8) is 0 Å². The number of nitrogens with one attached hydrogen (secondary N) is 1. The first-order chi connectivity index (χ1) is 10.3. The summed E-state index contributed by atoms with van der Waals surface area (Å²) in [4.78, 5) is 0. The van der Waals surface area contributed by atoms with Crippen LogP contribution in [0.25, 0.3) is 0 Å². The molecule has 0 amide bonds. The van der Waals surface area contributed by atoms with Gasteiger partial charge >= 0.3 is 0 Å². The summed E-state index contributed by atoms with van der Waals surface area (Å²) < 4.78 is 5.42. The van der Waals surface area contributed by atoms with E-state index in [1.165, 1.54) is 62.5 Å². The van der Waals surface area contributed by atoms with Crippen molar-refractivity contribution < 1.29 is 4.74 Å². The molecule has 2 aliphatic carbocycles. The maximum absolute atomic E-state index is 5.42. The highest BCUT2D eigenvalue weighted by Crippen LogP contribution is 2.34. The summed E-state index contributed by atoms with van der Waals surface area (Å²) in [5.41, 5.74) is 3.00. The average molecular weight is 287 g/mol. The van der Waals surface area contributed by atoms with E-state index < -0.39 is 0 Å². The van der Waals surface area contributed by atoms with Gasteiger partial charge in [-0.25, -0.2) is 0 Å². The molecule has 116 valence electrons. The average Bonchev–Trinajstić information content (AvgIpc) is 2.72. The molecule has 0 aliphatic heterocycles. The molecule has 1 N–H and O–H groups in total. The molecule has 1 saturated carbocycles. The minimum absolute atomic E-state index is 0.530. The van der Waals surface area contributed by atoms with Crippen molar-refractivity contribution in [2.24, 2.45) is 5.92 Å². The first-order valence-electron chi connectivity index (χ1n) is 8.69. The van der Waals surface area contributed by atoms with Crippen molar-refractivity contribution in [3.05, 3.63) is 29.3 Å². The molecule has 0 bridgehead atoms. The lowest BCUT2D eigenvalue weighted by molar-refractivity contribution is 0.362. The number of rotatable bonds is 3. The molecule has 2 aliphatic rings. The number of hydrogen-bond donors (Lipinski definition) is 1. The smallest absolute Gasteiger partial charge is 0.119 e. The molecular formula is C19H29NO. The molecule has 0 radical (unpaired) electrons. The summed E-state index contributed by atoms with van der Waals surface area (Å²) in [5.74, 6) is 1.91. The van der Waals surface area contributed by atoms with Crippen molar-refractivity contribution in [2.75, 3.05) is 7.11 Å². The Morgan fingerprint density at radius 1 is 1.05 bits per heavy atom. The molecule has 0 heterocycles. The standard InChI is InChI=1S/C19H29NO/c1-14-5-3-7-16(11-9-14)20-19-8-4-6-15-10-12-17(21-2)13-18(15)19/h10,12-14,16,19-20H,3-9,11H2,1-2H3. The Hall–Kier alpha value is -1.02. The molecule has 1 aromatic carbocycles. The second-order valence-corrected chi connectivity index (χ2v) is 6.99. The van der Waals surface area contributed by atoms with Gasteiger partial charge in [0.2, 0.25) is 0 Å². The Balaban J connectivity index is 1.72. The quantitative estimate of drug-likeness (QED) is 0.818. The number of ether oxygens (including phenoxy) is 1. The largest absolute Gasteiger partial charge is 0.497 e. The van der Waals surface area contributed by atoms with Crippen LogP contribution in [-0.2, 0) is 6.42 Å². The molecule has 0 aromatic heterocycles. The fraction of sp³-hybridized carbons (Fsp3) is 0.684. The van der Waals surface area contributed by atoms with E-state index in [-0.39, 0.29) is 0 Å². The fourth-order valence-corrected chi connectivity index (χ4v) is 4.02. The SMILES string of the molecule is COc1ccc2c(c1)C(NC1CCCC(C)CC1)CCC2. The zero-order valence-electron chi connectivity index (χ0n) is 13.5. The number of fused-ring (bicyclic) bond motifs is 1. The summed E-state index contributed by atoms with van der Waals surface area (Å²) in [6.45, 7) is 2.41. The van der Waals surface area contributed by atoms with Gasteiger partial charge in [0.05, 0.1) is 7.11 Å². The summed E-state index contributed by atoms with van der Waals surface area (Å²) in [6.07, 6.45) is 10.7. The highest BCUT2D eigenvalue weighted by atomic mass is 16.5. The van der Waals surface area contributed by atoms with Crippen molar-refractivity contribution in [2.45, 2.75) is 70.4 Å². The van der Waals surface area contributed by atoms with E-state index in [4.69, 9.17) is 4.74 Å². The Bertz CT molecular complexity index is 471. The van der Waals surface area contributed by atoms with Gasteiger partial charge in [0.25, 0.3) is 0 Å². The van der Waals surface area contributed by atoms with Crippen LogP contribution in [0.4, 0.5) is 0 Å². The van der Waals surface area contributed by atoms with Crippen LogP contribution in [0.2, 0.25) is 0 Å². The molecule has 2 nitrogen and oxygen atoms in total. The van der Waals surface area contributed by atoms with Crippen molar-refractivity contribution in [1.82, 2.24) is 5.32 Å². The van der Waals surface area contributed by atoms with Gasteiger partial charge in [-0.15, -0.1) is 0 Å². The molecule has 3 atom stereocenters. The molecule has 0 saturated heterocycles. The third-order valence-corrected chi connectivity index (χ3v) is 5.36. The van der Waals surface area contributed by atoms with E-state index in [2.05, 4.69) is 30.4 Å². The zero-order chi connectivity index (χ0) is 14.7. The van der Waals surface area contributed by atoms with Gasteiger partial charge in [-0.05, 0) is 67.7 Å². The molecule has 1 aromatic rings. The Labute approximate surface area is 129 Å². The van der Waals surface area contributed by atoms with Crippen LogP contribution < -0.4 is 10.1 Å². The Morgan fingerprint density at radius 3 is 2.81 bits per heavy atom. The molecule has 2 heteroatoms. The highest BCUT2D eigenvalue weighted by molar-refractivity contribution is 5.39. The van der Waals surface area contributed by atoms with Gasteiger partial charge in [0.15, 0.2) is 0 Å². The summed E-state index contributed by atoms with van der Waals surface area (Å²) >= 11 is 0. The third-order valence-electron chi connectivity index (χ3n) is 5.36. The highest BCUT2D eigenvalue weighted by Gasteiger charge is 2.24. The Morgan fingerprint density at radius 2 is 1.95 bits per heavy atom. The number of methoxy groups -OCH3 is 1. The third kappa shape index (κ3) is 3.60. The molecule has 0 spiro atoms. The molecule has 3 unspecified atom stereocenters. The van der Waals surface area contributed by atoms with E-state index in [1.807, 2.05) is 0 Å². The van der Waals surface area contributed by atoms with Crippen LogP contribution in [0.5, 0.6) is 5.75 Å². The minimum atomic E-state index is 0.530. The topological polar surface area (TPSA) is 21.3 Å². The van der Waals surface area contributed by atoms with Gasteiger partial charge in [0.1, 0.15) is 5.75 Å². The van der Waals surface area contributed by atoms with E-state index in [0.29, 0.717) is 12.1 Å². The molecule has 3 rings (SSSR count). The predicted molar refractivity (Wildman–Crippen MR) is 87.8 cm³/mol. The fourth-order valence-electron chi connectivity index (χ4n) is 4.02. The van der Waals surface area contributed by atoms with Crippen LogP contribution >= 0.6 is 0 Å². The second kappa shape index (κ2) is 6.83. The molecular weight excluding hydrogens is 258 g/mol. The lowest BCUT2D eigenvalue weighted by Gasteiger charge is -2.30. The maximum atomic E-state index is 5.42. The van der Waals surface area contributed by atoms with E-state index >= 15 is 0 Å². The van der Waals surface area contributed by atoms with Crippen LogP contribution in [0.15, 0.2) is 18.2 Å². The van der Waals surface area contributed by atoms with Gasteiger partial charge in [0, 0.05) is 12.1 Å². The van der Waals surface area contributed by atoms with E-state index in [1.54, 1.807) is 7.11 Å². The Kier molecular flexibility index (Phi) is 4.84. The molecule has 21 heavy (non-hydrogen) atoms. The summed E-state index contributed by atoms with van der Waals surface area (Å²) in [6, 6.07) is 7.86. The van der Waals surface area contributed by atoms with Gasteiger partial charge < -0.3 is 10.1 Å². The first-order valence-corrected chi connectivity index (χ1v) is 8.69.